The van der Waals surface area contributed by atoms with Gasteiger partial charge in [0.25, 0.3) is 5.91 Å². The molecule has 0 saturated carbocycles. The summed E-state index contributed by atoms with van der Waals surface area (Å²) >= 11 is 0. The molecule has 3 aromatic rings. The predicted molar refractivity (Wildman–Crippen MR) is 129 cm³/mol. The molecule has 3 rings (SSSR count). The van der Waals surface area contributed by atoms with Crippen LogP contribution < -0.4 is 15.5 Å². The number of aryl methyl sites for hydroxylation is 1. The molecular formula is C26H27N3O4. The van der Waals surface area contributed by atoms with Crippen molar-refractivity contribution in [2.45, 2.75) is 20.3 Å². The molecule has 0 aliphatic carbocycles. The van der Waals surface area contributed by atoms with Crippen LogP contribution in [0.1, 0.15) is 18.1 Å². The Kier molecular flexibility index (Phi) is 8.18. The number of amides is 3. The summed E-state index contributed by atoms with van der Waals surface area (Å²) in [6.45, 7) is 3.72. The zero-order valence-corrected chi connectivity index (χ0v) is 18.7. The van der Waals surface area contributed by atoms with Crippen molar-refractivity contribution in [3.8, 4) is 0 Å². The molecule has 0 saturated heterocycles. The number of hydrogen-bond donors (Lipinski definition) is 2. The number of benzene rings is 3. The number of ether oxygens (including phenoxy) is 1. The monoisotopic (exact) mass is 445 g/mol. The normalized spacial score (nSPS) is 10.2. The van der Waals surface area contributed by atoms with Crippen molar-refractivity contribution >= 4 is 35.0 Å². The SMILES string of the molecule is CCOC(=O)Cc1ccccc1N(C(=O)CNC(=O)Nc1cccc(C)c1)c1ccccc1. The molecule has 0 radical (unpaired) electrons. The van der Waals surface area contributed by atoms with Crippen LogP contribution in [0, 0.1) is 6.92 Å². The van der Waals surface area contributed by atoms with E-state index in [2.05, 4.69) is 10.6 Å². The van der Waals surface area contributed by atoms with Gasteiger partial charge in [0.15, 0.2) is 0 Å². The Morgan fingerprint density at radius 1 is 0.909 bits per heavy atom. The fraction of sp³-hybridized carbons (Fsp3) is 0.192. The van der Waals surface area contributed by atoms with Crippen LogP contribution in [0.5, 0.6) is 0 Å². The van der Waals surface area contributed by atoms with Gasteiger partial charge < -0.3 is 15.4 Å². The van der Waals surface area contributed by atoms with Gasteiger partial charge in [0.2, 0.25) is 0 Å². The van der Waals surface area contributed by atoms with Crippen LogP contribution in [0.25, 0.3) is 0 Å². The number of carbonyl (C=O) groups excluding carboxylic acids is 3. The molecule has 0 aromatic heterocycles. The molecule has 0 aliphatic heterocycles. The van der Waals surface area contributed by atoms with Gasteiger partial charge in [0, 0.05) is 11.4 Å². The highest BCUT2D eigenvalue weighted by atomic mass is 16.5. The van der Waals surface area contributed by atoms with Crippen molar-refractivity contribution < 1.29 is 19.1 Å². The smallest absolute Gasteiger partial charge is 0.319 e. The molecule has 0 heterocycles. The average molecular weight is 446 g/mol. The maximum atomic E-state index is 13.3. The fourth-order valence-electron chi connectivity index (χ4n) is 3.37. The van der Waals surface area contributed by atoms with E-state index in [1.54, 1.807) is 49.4 Å². The van der Waals surface area contributed by atoms with E-state index in [0.29, 0.717) is 22.6 Å². The first-order valence-corrected chi connectivity index (χ1v) is 10.7. The first-order chi connectivity index (χ1) is 16.0. The van der Waals surface area contributed by atoms with E-state index in [1.807, 2.05) is 43.3 Å². The van der Waals surface area contributed by atoms with Gasteiger partial charge in [-0.3, -0.25) is 14.5 Å². The molecule has 0 atom stereocenters. The molecule has 3 amide bonds. The molecule has 7 heteroatoms. The van der Waals surface area contributed by atoms with E-state index in [4.69, 9.17) is 4.74 Å². The lowest BCUT2D eigenvalue weighted by Crippen LogP contribution is -2.40. The molecular weight excluding hydrogens is 418 g/mol. The predicted octanol–water partition coefficient (Wildman–Crippen LogP) is 4.59. The van der Waals surface area contributed by atoms with Gasteiger partial charge in [0.1, 0.15) is 0 Å². The lowest BCUT2D eigenvalue weighted by Gasteiger charge is -2.25. The minimum Gasteiger partial charge on any atom is -0.466 e. The van der Waals surface area contributed by atoms with Crippen LogP contribution in [-0.2, 0) is 20.7 Å². The standard InChI is InChI=1S/C26H27N3O4/c1-3-33-25(31)17-20-11-7-8-15-23(20)29(22-13-5-4-6-14-22)24(30)18-27-26(32)28-21-12-9-10-19(2)16-21/h4-16H,3,17-18H2,1-2H3,(H2,27,28,32). The highest BCUT2D eigenvalue weighted by Crippen LogP contribution is 2.29. The van der Waals surface area contributed by atoms with Crippen LogP contribution in [-0.4, -0.2) is 31.1 Å². The zero-order chi connectivity index (χ0) is 23.6. The Morgan fingerprint density at radius 2 is 1.64 bits per heavy atom. The van der Waals surface area contributed by atoms with Crippen molar-refractivity contribution in [2.75, 3.05) is 23.4 Å². The maximum absolute atomic E-state index is 13.3. The molecule has 3 aromatic carbocycles. The summed E-state index contributed by atoms with van der Waals surface area (Å²) < 4.78 is 5.08. The number of anilines is 3. The lowest BCUT2D eigenvalue weighted by molar-refractivity contribution is -0.142. The van der Waals surface area contributed by atoms with Crippen LogP contribution in [0.2, 0.25) is 0 Å². The van der Waals surface area contributed by atoms with Crippen molar-refractivity contribution in [3.05, 3.63) is 90.0 Å². The number of hydrogen-bond acceptors (Lipinski definition) is 4. The first kappa shape index (κ1) is 23.5. The minimum absolute atomic E-state index is 0.0297. The van der Waals surface area contributed by atoms with Crippen LogP contribution in [0.4, 0.5) is 21.9 Å². The van der Waals surface area contributed by atoms with Crippen LogP contribution >= 0.6 is 0 Å². The summed E-state index contributed by atoms with van der Waals surface area (Å²) in [5.74, 6) is -0.724. The van der Waals surface area contributed by atoms with E-state index >= 15 is 0 Å². The highest BCUT2D eigenvalue weighted by molar-refractivity contribution is 6.04. The van der Waals surface area contributed by atoms with E-state index in [1.165, 1.54) is 4.90 Å². The van der Waals surface area contributed by atoms with Crippen molar-refractivity contribution in [1.29, 1.82) is 0 Å². The van der Waals surface area contributed by atoms with E-state index < -0.39 is 6.03 Å². The average Bonchev–Trinajstić information content (AvgIpc) is 2.80. The third-order valence-electron chi connectivity index (χ3n) is 4.81. The number of nitrogens with one attached hydrogen (secondary N) is 2. The second-order valence-electron chi connectivity index (χ2n) is 7.35. The molecule has 0 bridgehead atoms. The fourth-order valence-corrected chi connectivity index (χ4v) is 3.37. The van der Waals surface area contributed by atoms with Gasteiger partial charge in [0.05, 0.1) is 25.3 Å². The molecule has 0 fully saturated rings. The molecule has 170 valence electrons. The zero-order valence-electron chi connectivity index (χ0n) is 18.7. The number of nitrogens with zero attached hydrogens (tertiary/aromatic N) is 1. The second kappa shape index (κ2) is 11.5. The number of urea groups is 1. The van der Waals surface area contributed by atoms with Crippen LogP contribution in [0.3, 0.4) is 0 Å². The van der Waals surface area contributed by atoms with Crippen molar-refractivity contribution in [3.63, 3.8) is 0 Å². The lowest BCUT2D eigenvalue weighted by atomic mass is 10.1. The second-order valence-corrected chi connectivity index (χ2v) is 7.35. The highest BCUT2D eigenvalue weighted by Gasteiger charge is 2.22. The Morgan fingerprint density at radius 3 is 2.36 bits per heavy atom. The minimum atomic E-state index is -0.484. The summed E-state index contributed by atoms with van der Waals surface area (Å²) in [5, 5.41) is 5.34. The maximum Gasteiger partial charge on any atom is 0.319 e. The summed E-state index contributed by atoms with van der Waals surface area (Å²) in [6, 6.07) is 23.1. The number of carbonyl (C=O) groups is 3. The molecule has 0 spiro atoms. The van der Waals surface area contributed by atoms with Gasteiger partial charge in [-0.05, 0) is 55.3 Å². The molecule has 2 N–H and O–H groups in total. The summed E-state index contributed by atoms with van der Waals surface area (Å²) in [6.07, 6.45) is 0.0297. The van der Waals surface area contributed by atoms with Gasteiger partial charge >= 0.3 is 12.0 Å². The van der Waals surface area contributed by atoms with E-state index in [9.17, 15) is 14.4 Å². The summed E-state index contributed by atoms with van der Waals surface area (Å²) in [5.41, 5.74) is 3.48. The molecule has 0 aliphatic rings. The quantitative estimate of drug-likeness (QED) is 0.497. The van der Waals surface area contributed by atoms with E-state index in [-0.39, 0.29) is 31.4 Å². The van der Waals surface area contributed by atoms with Crippen molar-refractivity contribution in [1.82, 2.24) is 5.32 Å². The summed E-state index contributed by atoms with van der Waals surface area (Å²) in [7, 11) is 0. The molecule has 0 unspecified atom stereocenters. The van der Waals surface area contributed by atoms with Crippen LogP contribution in [0.15, 0.2) is 78.9 Å². The van der Waals surface area contributed by atoms with Gasteiger partial charge in [-0.2, -0.15) is 0 Å². The third kappa shape index (κ3) is 6.67. The molecule has 7 nitrogen and oxygen atoms in total. The van der Waals surface area contributed by atoms with E-state index in [0.717, 1.165) is 5.56 Å². The topological polar surface area (TPSA) is 87.7 Å². The van der Waals surface area contributed by atoms with Crippen molar-refractivity contribution in [2.24, 2.45) is 0 Å². The first-order valence-electron chi connectivity index (χ1n) is 10.7. The third-order valence-corrected chi connectivity index (χ3v) is 4.81. The number of esters is 1. The van der Waals surface area contributed by atoms with Gasteiger partial charge in [-0.25, -0.2) is 4.79 Å². The molecule has 33 heavy (non-hydrogen) atoms. The Hall–Kier alpha value is -4.13. The summed E-state index contributed by atoms with van der Waals surface area (Å²) in [4.78, 5) is 39.3. The van der Waals surface area contributed by atoms with Gasteiger partial charge in [-0.1, -0.05) is 48.5 Å². The van der Waals surface area contributed by atoms with Gasteiger partial charge in [-0.15, -0.1) is 0 Å². The number of para-hydroxylation sites is 2. The largest absolute Gasteiger partial charge is 0.466 e. The Balaban J connectivity index is 1.80. The number of rotatable bonds is 8. The Labute approximate surface area is 193 Å². The Bertz CT molecular complexity index is 1120.